The molecule has 2 saturated heterocycles. The highest BCUT2D eigenvalue weighted by Crippen LogP contribution is 2.29. The van der Waals surface area contributed by atoms with E-state index in [1.54, 1.807) is 26.8 Å². The summed E-state index contributed by atoms with van der Waals surface area (Å²) in [6, 6.07) is 6.85. The van der Waals surface area contributed by atoms with Crippen molar-refractivity contribution in [3.63, 3.8) is 0 Å². The summed E-state index contributed by atoms with van der Waals surface area (Å²) in [5.74, 6) is -0.921. The van der Waals surface area contributed by atoms with Crippen LogP contribution in [0.25, 0.3) is 0 Å². The molecule has 1 aromatic carbocycles. The maximum Gasteiger partial charge on any atom is 0.335 e. The Labute approximate surface area is 149 Å². The van der Waals surface area contributed by atoms with Gasteiger partial charge in [0, 0.05) is 39.3 Å². The Morgan fingerprint density at radius 3 is 2.52 bits per heavy atom. The van der Waals surface area contributed by atoms with Gasteiger partial charge >= 0.3 is 5.97 Å². The third-order valence-electron chi connectivity index (χ3n) is 5.10. The van der Waals surface area contributed by atoms with Gasteiger partial charge in [-0.05, 0) is 43.5 Å². The van der Waals surface area contributed by atoms with E-state index in [9.17, 15) is 13.2 Å². The monoisotopic (exact) mass is 367 g/mol. The fourth-order valence-corrected chi connectivity index (χ4v) is 5.21. The van der Waals surface area contributed by atoms with E-state index in [0.29, 0.717) is 26.2 Å². The Kier molecular flexibility index (Phi) is 5.43. The van der Waals surface area contributed by atoms with Crippen LogP contribution in [0.3, 0.4) is 0 Å². The van der Waals surface area contributed by atoms with Gasteiger partial charge in [-0.25, -0.2) is 4.79 Å². The summed E-state index contributed by atoms with van der Waals surface area (Å²) in [6.07, 6.45) is 1.66. The molecule has 2 aliphatic heterocycles. The van der Waals surface area contributed by atoms with Crippen LogP contribution in [0, 0.1) is 0 Å². The van der Waals surface area contributed by atoms with Gasteiger partial charge in [-0.15, -0.1) is 0 Å². The summed E-state index contributed by atoms with van der Waals surface area (Å²) in [5.41, 5.74) is 1.15. The molecule has 0 spiro atoms. The van der Waals surface area contributed by atoms with E-state index in [1.807, 2.05) is 13.1 Å². The third kappa shape index (κ3) is 4.03. The van der Waals surface area contributed by atoms with E-state index in [2.05, 4.69) is 4.90 Å². The van der Waals surface area contributed by atoms with Crippen LogP contribution in [-0.4, -0.2) is 79.3 Å². The summed E-state index contributed by atoms with van der Waals surface area (Å²) < 4.78 is 29.0. The van der Waals surface area contributed by atoms with E-state index in [4.69, 9.17) is 5.11 Å². The Morgan fingerprint density at radius 2 is 1.84 bits per heavy atom. The summed E-state index contributed by atoms with van der Waals surface area (Å²) >= 11 is 0. The number of likely N-dealkylation sites (N-methyl/N-ethyl adjacent to an activating group) is 1. The molecule has 1 aromatic rings. The standard InChI is InChI=1S/C17H25N3O4S/c1-18-8-10-19(11-9-18)25(23,24)20-7-3-6-16(13-20)14-4-2-5-15(12-14)17(21)22/h2,4-5,12,16H,3,6-11,13H2,1H3,(H,21,22). The molecule has 3 rings (SSSR count). The van der Waals surface area contributed by atoms with Crippen molar-refractivity contribution >= 4 is 16.2 Å². The number of hydrogen-bond donors (Lipinski definition) is 1. The molecule has 1 unspecified atom stereocenters. The molecule has 0 amide bonds. The Bertz CT molecular complexity index is 729. The number of carboxylic acids is 1. The molecule has 0 aliphatic carbocycles. The lowest BCUT2D eigenvalue weighted by Crippen LogP contribution is -2.53. The van der Waals surface area contributed by atoms with Crippen LogP contribution in [0.1, 0.15) is 34.7 Å². The van der Waals surface area contributed by atoms with Crippen LogP contribution in [0.5, 0.6) is 0 Å². The van der Waals surface area contributed by atoms with Gasteiger partial charge in [0.05, 0.1) is 5.56 Å². The molecule has 1 atom stereocenters. The van der Waals surface area contributed by atoms with Crippen LogP contribution in [-0.2, 0) is 10.2 Å². The van der Waals surface area contributed by atoms with Gasteiger partial charge in [-0.3, -0.25) is 0 Å². The van der Waals surface area contributed by atoms with Gasteiger partial charge < -0.3 is 10.0 Å². The van der Waals surface area contributed by atoms with Crippen molar-refractivity contribution in [3.8, 4) is 0 Å². The molecule has 2 aliphatic rings. The first-order valence-electron chi connectivity index (χ1n) is 8.65. The first kappa shape index (κ1) is 18.3. The van der Waals surface area contributed by atoms with Crippen molar-refractivity contribution in [2.45, 2.75) is 18.8 Å². The molecule has 0 saturated carbocycles. The molecular weight excluding hydrogens is 342 g/mol. The van der Waals surface area contributed by atoms with Crippen LogP contribution >= 0.6 is 0 Å². The van der Waals surface area contributed by atoms with E-state index in [-0.39, 0.29) is 11.5 Å². The van der Waals surface area contributed by atoms with E-state index in [0.717, 1.165) is 31.5 Å². The lowest BCUT2D eigenvalue weighted by atomic mass is 9.91. The third-order valence-corrected chi connectivity index (χ3v) is 7.11. The van der Waals surface area contributed by atoms with E-state index < -0.39 is 16.2 Å². The number of rotatable bonds is 4. The summed E-state index contributed by atoms with van der Waals surface area (Å²) in [4.78, 5) is 13.3. The Balaban J connectivity index is 1.74. The molecule has 25 heavy (non-hydrogen) atoms. The average molecular weight is 367 g/mol. The number of aromatic carboxylic acids is 1. The van der Waals surface area contributed by atoms with Crippen LogP contribution in [0.2, 0.25) is 0 Å². The van der Waals surface area contributed by atoms with E-state index >= 15 is 0 Å². The lowest BCUT2D eigenvalue weighted by molar-refractivity contribution is 0.0696. The Morgan fingerprint density at radius 1 is 1.12 bits per heavy atom. The highest BCUT2D eigenvalue weighted by atomic mass is 32.2. The smallest absolute Gasteiger partial charge is 0.335 e. The first-order valence-corrected chi connectivity index (χ1v) is 10.0. The minimum atomic E-state index is -3.45. The van der Waals surface area contributed by atoms with Crippen molar-refractivity contribution in [2.75, 3.05) is 46.3 Å². The highest BCUT2D eigenvalue weighted by molar-refractivity contribution is 7.86. The molecule has 0 bridgehead atoms. The van der Waals surface area contributed by atoms with Crippen molar-refractivity contribution in [1.82, 2.24) is 13.5 Å². The summed E-state index contributed by atoms with van der Waals surface area (Å²) in [5, 5.41) is 9.16. The van der Waals surface area contributed by atoms with Crippen molar-refractivity contribution < 1.29 is 18.3 Å². The fraction of sp³-hybridized carbons (Fsp3) is 0.588. The SMILES string of the molecule is CN1CCN(S(=O)(=O)N2CCCC(c3cccc(C(=O)O)c3)C2)CC1. The zero-order valence-electron chi connectivity index (χ0n) is 14.5. The zero-order valence-corrected chi connectivity index (χ0v) is 15.3. The molecule has 2 heterocycles. The fourth-order valence-electron chi connectivity index (χ4n) is 3.53. The molecule has 2 fully saturated rings. The van der Waals surface area contributed by atoms with Crippen molar-refractivity contribution in [3.05, 3.63) is 35.4 Å². The van der Waals surface area contributed by atoms with Gasteiger partial charge in [0.1, 0.15) is 0 Å². The molecule has 8 heteroatoms. The number of carbonyl (C=O) groups is 1. The predicted molar refractivity (Wildman–Crippen MR) is 94.9 cm³/mol. The minimum Gasteiger partial charge on any atom is -0.478 e. The molecule has 0 aromatic heterocycles. The quantitative estimate of drug-likeness (QED) is 0.861. The summed E-state index contributed by atoms with van der Waals surface area (Å²) in [6.45, 7) is 3.48. The summed E-state index contributed by atoms with van der Waals surface area (Å²) in [7, 11) is -1.46. The number of piperazine rings is 1. The number of carboxylic acid groups (broad SMARTS) is 1. The largest absolute Gasteiger partial charge is 0.478 e. The number of nitrogens with zero attached hydrogens (tertiary/aromatic N) is 3. The highest BCUT2D eigenvalue weighted by Gasteiger charge is 2.35. The van der Waals surface area contributed by atoms with Crippen LogP contribution in [0.15, 0.2) is 24.3 Å². The maximum atomic E-state index is 12.9. The van der Waals surface area contributed by atoms with Crippen LogP contribution < -0.4 is 0 Å². The predicted octanol–water partition coefficient (Wildman–Crippen LogP) is 1.06. The number of benzene rings is 1. The maximum absolute atomic E-state index is 12.9. The molecule has 138 valence electrons. The molecule has 1 N–H and O–H groups in total. The normalized spacial score (nSPS) is 24.3. The number of piperidine rings is 1. The topological polar surface area (TPSA) is 81.2 Å². The first-order chi connectivity index (χ1) is 11.9. The molecule has 0 radical (unpaired) electrons. The molecular formula is C17H25N3O4S. The van der Waals surface area contributed by atoms with Crippen molar-refractivity contribution in [2.24, 2.45) is 0 Å². The van der Waals surface area contributed by atoms with Gasteiger partial charge in [-0.2, -0.15) is 17.0 Å². The average Bonchev–Trinajstić information content (AvgIpc) is 2.62. The van der Waals surface area contributed by atoms with Gasteiger partial charge in [0.2, 0.25) is 0 Å². The van der Waals surface area contributed by atoms with Gasteiger partial charge in [0.15, 0.2) is 0 Å². The molecule has 7 nitrogen and oxygen atoms in total. The second kappa shape index (κ2) is 7.41. The van der Waals surface area contributed by atoms with Gasteiger partial charge in [0.25, 0.3) is 10.2 Å². The Hall–Kier alpha value is -1.48. The van der Waals surface area contributed by atoms with Gasteiger partial charge in [-0.1, -0.05) is 12.1 Å². The number of hydrogen-bond acceptors (Lipinski definition) is 4. The second-order valence-electron chi connectivity index (χ2n) is 6.84. The minimum absolute atomic E-state index is 0.0373. The second-order valence-corrected chi connectivity index (χ2v) is 8.77. The van der Waals surface area contributed by atoms with Crippen LogP contribution in [0.4, 0.5) is 0 Å². The zero-order chi connectivity index (χ0) is 18.0. The van der Waals surface area contributed by atoms with Crippen molar-refractivity contribution in [1.29, 1.82) is 0 Å². The van der Waals surface area contributed by atoms with E-state index in [1.165, 1.54) is 0 Å². The lowest BCUT2D eigenvalue weighted by Gasteiger charge is -2.38.